The first kappa shape index (κ1) is 10.3. The first-order valence-corrected chi connectivity index (χ1v) is 4.78. The van der Waals surface area contributed by atoms with Gasteiger partial charge in [0.05, 0.1) is 7.11 Å². The molecule has 1 aromatic rings. The van der Waals surface area contributed by atoms with Gasteiger partial charge in [0.15, 0.2) is 5.76 Å². The number of hydrogen-bond donors (Lipinski definition) is 2. The number of nitrogens with one attached hydrogen (secondary N) is 1. The third-order valence-corrected chi connectivity index (χ3v) is 2.24. The zero-order chi connectivity index (χ0) is 11.5. The van der Waals surface area contributed by atoms with Gasteiger partial charge in [-0.1, -0.05) is 30.3 Å². The average molecular weight is 217 g/mol. The molecular formula is C12H11NO3. The summed E-state index contributed by atoms with van der Waals surface area (Å²) < 4.78 is 5.20. The Balaban J connectivity index is 2.48. The molecule has 1 heterocycles. The minimum Gasteiger partial charge on any atom is -0.505 e. The molecule has 2 N–H and O–H groups in total. The predicted octanol–water partition coefficient (Wildman–Crippen LogP) is 1.57. The Morgan fingerprint density at radius 3 is 2.50 bits per heavy atom. The highest BCUT2D eigenvalue weighted by molar-refractivity contribution is 5.96. The topological polar surface area (TPSA) is 58.6 Å². The van der Waals surface area contributed by atoms with Gasteiger partial charge in [-0.25, -0.2) is 0 Å². The van der Waals surface area contributed by atoms with Crippen LogP contribution in [0.15, 0.2) is 47.9 Å². The summed E-state index contributed by atoms with van der Waals surface area (Å²) in [7, 11) is 1.49. The van der Waals surface area contributed by atoms with Crippen molar-refractivity contribution in [2.45, 2.75) is 0 Å². The molecule has 82 valence electrons. The number of amides is 1. The number of aliphatic hydroxyl groups is 1. The van der Waals surface area contributed by atoms with Crippen LogP contribution in [0.1, 0.15) is 5.56 Å². The lowest BCUT2D eigenvalue weighted by Crippen LogP contribution is -2.16. The van der Waals surface area contributed by atoms with Crippen LogP contribution in [-0.4, -0.2) is 18.1 Å². The van der Waals surface area contributed by atoms with E-state index >= 15 is 0 Å². The van der Waals surface area contributed by atoms with Gasteiger partial charge in [-0.2, -0.15) is 0 Å². The van der Waals surface area contributed by atoms with Crippen molar-refractivity contribution in [1.82, 2.24) is 5.32 Å². The maximum atomic E-state index is 11.1. The second-order valence-corrected chi connectivity index (χ2v) is 3.29. The molecule has 16 heavy (non-hydrogen) atoms. The van der Waals surface area contributed by atoms with Gasteiger partial charge >= 0.3 is 0 Å². The van der Waals surface area contributed by atoms with E-state index in [1.807, 2.05) is 30.3 Å². The monoisotopic (exact) mass is 217 g/mol. The van der Waals surface area contributed by atoms with E-state index in [1.165, 1.54) is 7.11 Å². The van der Waals surface area contributed by atoms with Crippen LogP contribution in [0.2, 0.25) is 0 Å². The maximum absolute atomic E-state index is 11.1. The first-order chi connectivity index (χ1) is 7.72. The van der Waals surface area contributed by atoms with E-state index in [0.717, 1.165) is 11.6 Å². The smallest absolute Gasteiger partial charge is 0.252 e. The molecule has 4 nitrogen and oxygen atoms in total. The largest absolute Gasteiger partial charge is 0.505 e. The highest BCUT2D eigenvalue weighted by Gasteiger charge is 2.22. The van der Waals surface area contributed by atoms with Crippen LogP contribution in [0.4, 0.5) is 0 Å². The summed E-state index contributed by atoms with van der Waals surface area (Å²) in [6, 6.07) is 9.26. The van der Waals surface area contributed by atoms with Crippen molar-refractivity contribution in [3.05, 3.63) is 53.4 Å². The molecule has 0 unspecified atom stereocenters. The van der Waals surface area contributed by atoms with Crippen molar-refractivity contribution in [3.63, 3.8) is 0 Å². The predicted molar refractivity (Wildman–Crippen MR) is 59.2 cm³/mol. The van der Waals surface area contributed by atoms with E-state index in [0.29, 0.717) is 11.5 Å². The Bertz CT molecular complexity index is 474. The Morgan fingerprint density at radius 1 is 1.31 bits per heavy atom. The second-order valence-electron chi connectivity index (χ2n) is 3.29. The third kappa shape index (κ3) is 1.77. The molecule has 1 aliphatic heterocycles. The SMILES string of the molecule is CO/C(=C1\NC(=O)C=C1O)c1ccccc1. The molecule has 0 saturated carbocycles. The van der Waals surface area contributed by atoms with E-state index in [9.17, 15) is 9.90 Å². The van der Waals surface area contributed by atoms with Crippen LogP contribution < -0.4 is 5.32 Å². The molecular weight excluding hydrogens is 206 g/mol. The summed E-state index contributed by atoms with van der Waals surface area (Å²) in [5.74, 6) is -0.0103. The van der Waals surface area contributed by atoms with Crippen molar-refractivity contribution >= 4 is 11.7 Å². The molecule has 1 aromatic carbocycles. The lowest BCUT2D eigenvalue weighted by Gasteiger charge is -2.10. The number of ether oxygens (including phenoxy) is 1. The summed E-state index contributed by atoms with van der Waals surface area (Å²) in [4.78, 5) is 11.1. The molecule has 1 amide bonds. The fourth-order valence-corrected chi connectivity index (χ4v) is 1.55. The number of carbonyl (C=O) groups excluding carboxylic acids is 1. The molecule has 0 aliphatic carbocycles. The van der Waals surface area contributed by atoms with Crippen molar-refractivity contribution in [2.24, 2.45) is 0 Å². The number of rotatable bonds is 2. The van der Waals surface area contributed by atoms with Crippen LogP contribution >= 0.6 is 0 Å². The van der Waals surface area contributed by atoms with Gasteiger partial charge in [0.25, 0.3) is 5.91 Å². The summed E-state index contributed by atoms with van der Waals surface area (Å²) in [5.41, 5.74) is 1.10. The minimum atomic E-state index is -0.349. The zero-order valence-corrected chi connectivity index (χ0v) is 8.73. The Labute approximate surface area is 92.9 Å². The van der Waals surface area contributed by atoms with Gasteiger partial charge in [-0.15, -0.1) is 0 Å². The summed E-state index contributed by atoms with van der Waals surface area (Å²) >= 11 is 0. The highest BCUT2D eigenvalue weighted by atomic mass is 16.5. The highest BCUT2D eigenvalue weighted by Crippen LogP contribution is 2.23. The van der Waals surface area contributed by atoms with Crippen LogP contribution in [0.5, 0.6) is 0 Å². The molecule has 0 saturated heterocycles. The molecule has 0 fully saturated rings. The van der Waals surface area contributed by atoms with E-state index in [1.54, 1.807) is 0 Å². The zero-order valence-electron chi connectivity index (χ0n) is 8.73. The molecule has 0 aromatic heterocycles. The van der Waals surface area contributed by atoms with E-state index < -0.39 is 0 Å². The normalized spacial score (nSPS) is 17.8. The van der Waals surface area contributed by atoms with Crippen molar-refractivity contribution in [1.29, 1.82) is 0 Å². The van der Waals surface area contributed by atoms with Crippen molar-refractivity contribution in [3.8, 4) is 0 Å². The molecule has 4 heteroatoms. The van der Waals surface area contributed by atoms with Crippen LogP contribution in [0.25, 0.3) is 5.76 Å². The standard InChI is InChI=1S/C12H11NO3/c1-16-12(8-5-3-2-4-6-8)11-9(14)7-10(15)13-11/h2-7,14H,1H3,(H,13,15)/b12-11-. The van der Waals surface area contributed by atoms with Gasteiger partial charge in [0.2, 0.25) is 0 Å². The van der Waals surface area contributed by atoms with Crippen LogP contribution in [0, 0.1) is 0 Å². The Kier molecular flexibility index (Phi) is 2.64. The molecule has 1 aliphatic rings. The molecule has 2 rings (SSSR count). The van der Waals surface area contributed by atoms with Gasteiger partial charge in [0, 0.05) is 11.6 Å². The van der Waals surface area contributed by atoms with Gasteiger partial charge < -0.3 is 15.2 Å². The van der Waals surface area contributed by atoms with Crippen LogP contribution in [0.3, 0.4) is 0 Å². The number of aliphatic hydroxyl groups excluding tert-OH is 1. The average Bonchev–Trinajstić information content (AvgIpc) is 2.61. The minimum absolute atomic E-state index is 0.106. The van der Waals surface area contributed by atoms with Crippen LogP contribution in [-0.2, 0) is 9.53 Å². The lowest BCUT2D eigenvalue weighted by molar-refractivity contribution is -0.115. The fourth-order valence-electron chi connectivity index (χ4n) is 1.55. The first-order valence-electron chi connectivity index (χ1n) is 4.78. The molecule has 0 radical (unpaired) electrons. The second kappa shape index (κ2) is 4.10. The lowest BCUT2D eigenvalue weighted by atomic mass is 10.1. The Morgan fingerprint density at radius 2 is 2.00 bits per heavy atom. The van der Waals surface area contributed by atoms with E-state index in [4.69, 9.17) is 4.74 Å². The van der Waals surface area contributed by atoms with Gasteiger partial charge in [0.1, 0.15) is 11.5 Å². The van der Waals surface area contributed by atoms with Gasteiger partial charge in [-0.3, -0.25) is 4.79 Å². The number of hydrogen-bond acceptors (Lipinski definition) is 3. The van der Waals surface area contributed by atoms with Gasteiger partial charge in [-0.05, 0) is 0 Å². The van der Waals surface area contributed by atoms with E-state index in [2.05, 4.69) is 5.32 Å². The summed E-state index contributed by atoms with van der Waals surface area (Å²) in [6.45, 7) is 0. The third-order valence-electron chi connectivity index (χ3n) is 2.24. The summed E-state index contributed by atoms with van der Waals surface area (Å²) in [5, 5.41) is 12.1. The number of carbonyl (C=O) groups is 1. The molecule has 0 bridgehead atoms. The molecule has 0 atom stereocenters. The maximum Gasteiger partial charge on any atom is 0.252 e. The quantitative estimate of drug-likeness (QED) is 0.739. The Hall–Kier alpha value is -2.23. The fraction of sp³-hybridized carbons (Fsp3) is 0.0833. The number of methoxy groups -OCH3 is 1. The van der Waals surface area contributed by atoms with Crippen molar-refractivity contribution < 1.29 is 14.6 Å². The molecule has 0 spiro atoms. The number of benzene rings is 1. The van der Waals surface area contributed by atoms with E-state index in [-0.39, 0.29) is 11.7 Å². The van der Waals surface area contributed by atoms with Crippen molar-refractivity contribution in [2.75, 3.05) is 7.11 Å². The summed E-state index contributed by atoms with van der Waals surface area (Å²) in [6.07, 6.45) is 1.12.